The van der Waals surface area contributed by atoms with Crippen LogP contribution in [0.4, 0.5) is 0 Å². The van der Waals surface area contributed by atoms with Crippen molar-refractivity contribution in [2.45, 2.75) is 37.9 Å². The summed E-state index contributed by atoms with van der Waals surface area (Å²) in [4.78, 5) is 0. The highest BCUT2D eigenvalue weighted by atomic mass is 79.9. The average Bonchev–Trinajstić information content (AvgIpc) is 2.84. The van der Waals surface area contributed by atoms with Gasteiger partial charge in [-0.25, -0.2) is 0 Å². The molecule has 1 aliphatic rings. The maximum Gasteiger partial charge on any atom is 0.119 e. The van der Waals surface area contributed by atoms with Crippen LogP contribution in [0.15, 0.2) is 28.7 Å². The maximum atomic E-state index is 9.86. The van der Waals surface area contributed by atoms with Gasteiger partial charge >= 0.3 is 0 Å². The molecule has 1 aromatic rings. The molecular formula is C14H19BrO3. The minimum Gasteiger partial charge on any atom is -0.493 e. The summed E-state index contributed by atoms with van der Waals surface area (Å²) in [6.45, 7) is 1.38. The summed E-state index contributed by atoms with van der Waals surface area (Å²) in [5.74, 6) is 0.836. The Bertz CT molecular complexity index is 347. The fraction of sp³-hybridized carbons (Fsp3) is 0.571. The van der Waals surface area contributed by atoms with Crippen molar-refractivity contribution in [3.8, 4) is 5.75 Å². The van der Waals surface area contributed by atoms with Crippen molar-refractivity contribution in [1.29, 1.82) is 0 Å². The number of halogens is 1. The molecule has 1 N–H and O–H groups in total. The third-order valence-corrected chi connectivity index (χ3v) is 3.62. The van der Waals surface area contributed by atoms with Crippen molar-refractivity contribution in [2.75, 3.05) is 13.2 Å². The van der Waals surface area contributed by atoms with E-state index in [1.807, 2.05) is 24.3 Å². The Balaban J connectivity index is 1.63. The maximum absolute atomic E-state index is 9.86. The summed E-state index contributed by atoms with van der Waals surface area (Å²) in [5.41, 5.74) is 0. The molecule has 2 rings (SSSR count). The van der Waals surface area contributed by atoms with Crippen molar-refractivity contribution in [2.24, 2.45) is 0 Å². The molecule has 4 heteroatoms. The van der Waals surface area contributed by atoms with Gasteiger partial charge in [0.15, 0.2) is 0 Å². The van der Waals surface area contributed by atoms with Crippen molar-refractivity contribution < 1.29 is 14.6 Å². The fourth-order valence-electron chi connectivity index (χ4n) is 2.10. The Morgan fingerprint density at radius 3 is 2.83 bits per heavy atom. The van der Waals surface area contributed by atoms with Gasteiger partial charge in [-0.1, -0.05) is 15.9 Å². The molecule has 1 saturated heterocycles. The SMILES string of the molecule is OC(CCOc1ccc(Br)cc1)CC1CCCO1. The van der Waals surface area contributed by atoms with E-state index in [1.54, 1.807) is 0 Å². The summed E-state index contributed by atoms with van der Waals surface area (Å²) < 4.78 is 12.1. The highest BCUT2D eigenvalue weighted by molar-refractivity contribution is 9.10. The molecule has 1 heterocycles. The number of aliphatic hydroxyl groups excluding tert-OH is 1. The van der Waals surface area contributed by atoms with Crippen molar-refractivity contribution in [3.63, 3.8) is 0 Å². The Morgan fingerprint density at radius 1 is 1.39 bits per heavy atom. The first-order valence-corrected chi connectivity index (χ1v) is 7.21. The average molecular weight is 315 g/mol. The molecule has 0 spiro atoms. The number of ether oxygens (including phenoxy) is 2. The molecule has 2 unspecified atom stereocenters. The molecule has 0 saturated carbocycles. The standard InChI is InChI=1S/C14H19BrO3/c15-11-3-5-13(6-4-11)18-9-7-12(16)10-14-2-1-8-17-14/h3-6,12,14,16H,1-2,7-10H2. The lowest BCUT2D eigenvalue weighted by atomic mass is 10.1. The number of rotatable bonds is 6. The van der Waals surface area contributed by atoms with Gasteiger partial charge < -0.3 is 14.6 Å². The molecule has 1 aliphatic heterocycles. The van der Waals surface area contributed by atoms with Crippen LogP contribution < -0.4 is 4.74 Å². The van der Waals surface area contributed by atoms with E-state index >= 15 is 0 Å². The first-order chi connectivity index (χ1) is 8.74. The summed E-state index contributed by atoms with van der Waals surface area (Å²) in [5, 5.41) is 9.86. The lowest BCUT2D eigenvalue weighted by Gasteiger charge is -2.15. The molecule has 0 amide bonds. The fourth-order valence-corrected chi connectivity index (χ4v) is 2.36. The normalized spacial score (nSPS) is 20.9. The van der Waals surface area contributed by atoms with Crippen LogP contribution in [-0.2, 0) is 4.74 Å². The van der Waals surface area contributed by atoms with Gasteiger partial charge in [-0.2, -0.15) is 0 Å². The van der Waals surface area contributed by atoms with E-state index in [4.69, 9.17) is 9.47 Å². The third-order valence-electron chi connectivity index (χ3n) is 3.09. The Hall–Kier alpha value is -0.580. The first kappa shape index (κ1) is 13.8. The van der Waals surface area contributed by atoms with Crippen LogP contribution in [0.3, 0.4) is 0 Å². The van der Waals surface area contributed by atoms with E-state index in [9.17, 15) is 5.11 Å². The van der Waals surface area contributed by atoms with Gasteiger partial charge in [-0.15, -0.1) is 0 Å². The van der Waals surface area contributed by atoms with Gasteiger partial charge in [0.05, 0.1) is 18.8 Å². The van der Waals surface area contributed by atoms with E-state index in [1.165, 1.54) is 0 Å². The molecule has 18 heavy (non-hydrogen) atoms. The van der Waals surface area contributed by atoms with Gasteiger partial charge in [0, 0.05) is 17.5 Å². The topological polar surface area (TPSA) is 38.7 Å². The minimum atomic E-state index is -0.330. The van der Waals surface area contributed by atoms with E-state index in [0.717, 1.165) is 36.1 Å². The second-order valence-corrected chi connectivity index (χ2v) is 5.53. The van der Waals surface area contributed by atoms with Crippen molar-refractivity contribution >= 4 is 15.9 Å². The van der Waals surface area contributed by atoms with Crippen molar-refractivity contribution in [3.05, 3.63) is 28.7 Å². The summed E-state index contributed by atoms with van der Waals surface area (Å²) in [6.07, 6.45) is 3.48. The number of aliphatic hydroxyl groups is 1. The molecule has 0 aliphatic carbocycles. The van der Waals surface area contributed by atoms with Gasteiger partial charge in [-0.05, 0) is 43.5 Å². The summed E-state index contributed by atoms with van der Waals surface area (Å²) in [6, 6.07) is 7.71. The van der Waals surface area contributed by atoms with E-state index in [0.29, 0.717) is 13.0 Å². The summed E-state index contributed by atoms with van der Waals surface area (Å²) >= 11 is 3.38. The quantitative estimate of drug-likeness (QED) is 0.876. The lowest BCUT2D eigenvalue weighted by molar-refractivity contribution is 0.0450. The molecule has 0 radical (unpaired) electrons. The highest BCUT2D eigenvalue weighted by Crippen LogP contribution is 2.19. The zero-order valence-corrected chi connectivity index (χ0v) is 11.9. The highest BCUT2D eigenvalue weighted by Gasteiger charge is 2.19. The number of benzene rings is 1. The van der Waals surface area contributed by atoms with Crippen LogP contribution in [0.1, 0.15) is 25.7 Å². The van der Waals surface area contributed by atoms with Crippen LogP contribution in [0.5, 0.6) is 5.75 Å². The Morgan fingerprint density at radius 2 is 2.17 bits per heavy atom. The molecule has 0 bridgehead atoms. The Labute approximate surface area is 116 Å². The van der Waals surface area contributed by atoms with Crippen LogP contribution in [0, 0.1) is 0 Å². The second-order valence-electron chi connectivity index (χ2n) is 4.62. The van der Waals surface area contributed by atoms with Gasteiger partial charge in [0.25, 0.3) is 0 Å². The zero-order chi connectivity index (χ0) is 12.8. The predicted octanol–water partition coefficient (Wildman–Crippen LogP) is 3.15. The molecule has 3 nitrogen and oxygen atoms in total. The predicted molar refractivity (Wildman–Crippen MR) is 73.9 cm³/mol. The zero-order valence-electron chi connectivity index (χ0n) is 10.3. The van der Waals surface area contributed by atoms with Crippen LogP contribution in [-0.4, -0.2) is 30.5 Å². The lowest BCUT2D eigenvalue weighted by Crippen LogP contribution is -2.19. The molecule has 1 aromatic carbocycles. The van der Waals surface area contributed by atoms with Crippen molar-refractivity contribution in [1.82, 2.24) is 0 Å². The number of hydrogen-bond donors (Lipinski definition) is 1. The monoisotopic (exact) mass is 314 g/mol. The summed E-state index contributed by atoms with van der Waals surface area (Å²) in [7, 11) is 0. The smallest absolute Gasteiger partial charge is 0.119 e. The van der Waals surface area contributed by atoms with Crippen LogP contribution in [0.25, 0.3) is 0 Å². The third kappa shape index (κ3) is 4.59. The van der Waals surface area contributed by atoms with Gasteiger partial charge in [0.2, 0.25) is 0 Å². The molecule has 1 fully saturated rings. The first-order valence-electron chi connectivity index (χ1n) is 6.42. The molecular weight excluding hydrogens is 296 g/mol. The van der Waals surface area contributed by atoms with E-state index < -0.39 is 0 Å². The van der Waals surface area contributed by atoms with E-state index in [2.05, 4.69) is 15.9 Å². The largest absolute Gasteiger partial charge is 0.493 e. The molecule has 0 aromatic heterocycles. The minimum absolute atomic E-state index is 0.243. The van der Waals surface area contributed by atoms with Crippen LogP contribution >= 0.6 is 15.9 Å². The van der Waals surface area contributed by atoms with Crippen LogP contribution in [0.2, 0.25) is 0 Å². The molecule has 2 atom stereocenters. The molecule has 100 valence electrons. The van der Waals surface area contributed by atoms with E-state index in [-0.39, 0.29) is 12.2 Å². The Kier molecular flexibility index (Phi) is 5.47. The second kappa shape index (κ2) is 7.12. The van der Waals surface area contributed by atoms with Gasteiger partial charge in [0.1, 0.15) is 5.75 Å². The number of hydrogen-bond acceptors (Lipinski definition) is 3. The van der Waals surface area contributed by atoms with Gasteiger partial charge in [-0.3, -0.25) is 0 Å².